The molecule has 0 atom stereocenters. The van der Waals surface area contributed by atoms with Gasteiger partial charge in [-0.2, -0.15) is 18.1 Å². The third kappa shape index (κ3) is 3.96. The van der Waals surface area contributed by atoms with Crippen LogP contribution in [-0.4, -0.2) is 0 Å². The Balaban J connectivity index is 0.00000264. The molecule has 0 bridgehead atoms. The third-order valence-electron chi connectivity index (χ3n) is 7.58. The Bertz CT molecular complexity index is 1950. The molecule has 184 valence electrons. The molecule has 0 aliphatic heterocycles. The summed E-state index contributed by atoms with van der Waals surface area (Å²) in [6, 6.07) is 46.8. The topological polar surface area (TPSA) is 0 Å². The van der Waals surface area contributed by atoms with E-state index in [2.05, 4.69) is 141 Å². The van der Waals surface area contributed by atoms with Crippen molar-refractivity contribution in [3.63, 3.8) is 0 Å². The van der Waals surface area contributed by atoms with Crippen LogP contribution in [0.5, 0.6) is 0 Å². The Hall–Kier alpha value is -4.03. The smallest absolute Gasteiger partial charge is 0 e. The van der Waals surface area contributed by atoms with E-state index >= 15 is 0 Å². The Morgan fingerprint density at radius 3 is 1.58 bits per heavy atom. The van der Waals surface area contributed by atoms with E-state index < -0.39 is 0 Å². The van der Waals surface area contributed by atoms with Gasteiger partial charge >= 0.3 is 0 Å². The zero-order valence-corrected chi connectivity index (χ0v) is 22.4. The molecule has 0 saturated carbocycles. The van der Waals surface area contributed by atoms with E-state index in [9.17, 15) is 0 Å². The van der Waals surface area contributed by atoms with E-state index in [-0.39, 0.29) is 17.1 Å². The van der Waals surface area contributed by atoms with Crippen molar-refractivity contribution in [2.75, 3.05) is 0 Å². The summed E-state index contributed by atoms with van der Waals surface area (Å²) in [5, 5.41) is 10.3. The number of fused-ring (bicyclic) bond motifs is 4. The first-order chi connectivity index (χ1) is 18.3. The van der Waals surface area contributed by atoms with Crippen molar-refractivity contribution in [1.29, 1.82) is 0 Å². The van der Waals surface area contributed by atoms with Crippen molar-refractivity contribution >= 4 is 43.1 Å². The Kier molecular flexibility index (Phi) is 6.42. The molecule has 7 rings (SSSR count). The molecule has 0 fully saturated rings. The summed E-state index contributed by atoms with van der Waals surface area (Å²) in [5.74, 6) is 0. The van der Waals surface area contributed by atoms with Gasteiger partial charge in [-0.25, -0.2) is 0 Å². The molecule has 1 heteroatoms. The van der Waals surface area contributed by atoms with Gasteiger partial charge in [0.1, 0.15) is 0 Å². The molecular formula is C37H27Fe-. The van der Waals surface area contributed by atoms with Crippen LogP contribution in [0.1, 0.15) is 18.9 Å². The maximum Gasteiger partial charge on any atom is 0 e. The minimum atomic E-state index is 0. The fourth-order valence-electron chi connectivity index (χ4n) is 5.95. The molecule has 0 N–H and O–H groups in total. The molecule has 0 amide bonds. The molecule has 0 aromatic heterocycles. The van der Waals surface area contributed by atoms with Gasteiger partial charge in [0, 0.05) is 17.1 Å². The van der Waals surface area contributed by atoms with E-state index in [0.29, 0.717) is 0 Å². The number of hydrogen-bond acceptors (Lipinski definition) is 0. The molecule has 7 aromatic carbocycles. The summed E-state index contributed by atoms with van der Waals surface area (Å²) in [4.78, 5) is 0. The largest absolute Gasteiger partial charge is 0.184 e. The van der Waals surface area contributed by atoms with Crippen molar-refractivity contribution < 1.29 is 17.1 Å². The standard InChI is InChI=1S/C37H27.Fe/c1-2-10-27-15-9-18-34-35(30-21-19-25-11-3-5-13-28(25)23-30)32-16-7-8-17-33(32)37(36(27)34)31-22-20-26-12-4-6-14-29(26)24-31;/h3-24H,2H2,1H3;/q-1;. The number of hydrogen-bond donors (Lipinski definition) is 0. The zero-order valence-electron chi connectivity index (χ0n) is 21.3. The second-order valence-electron chi connectivity index (χ2n) is 9.80. The fraction of sp³-hybridized carbons (Fsp3) is 0.0541. The molecule has 0 aliphatic rings. The second-order valence-corrected chi connectivity index (χ2v) is 9.80. The van der Waals surface area contributed by atoms with Gasteiger partial charge in [0.15, 0.2) is 0 Å². The number of benzene rings is 7. The predicted octanol–water partition coefficient (Wildman–Crippen LogP) is 10.6. The van der Waals surface area contributed by atoms with Gasteiger partial charge in [-0.3, -0.25) is 0 Å². The SMILES string of the molecule is CC[CH-]c1cccc2c(-c3ccc4ccccc4c3)c3ccccc3c(-c3ccc4ccccc4c3)c12.[Fe]. The van der Waals surface area contributed by atoms with Gasteiger partial charge in [0.25, 0.3) is 0 Å². The average molecular weight is 527 g/mol. The average Bonchev–Trinajstić information content (AvgIpc) is 2.96. The van der Waals surface area contributed by atoms with Crippen LogP contribution in [0, 0.1) is 6.42 Å². The minimum absolute atomic E-state index is 0. The van der Waals surface area contributed by atoms with Crippen LogP contribution in [0.15, 0.2) is 127 Å². The van der Waals surface area contributed by atoms with Crippen LogP contribution in [0.3, 0.4) is 0 Å². The maximum absolute atomic E-state index is 2.37. The summed E-state index contributed by atoms with van der Waals surface area (Å²) in [5.41, 5.74) is 6.46. The van der Waals surface area contributed by atoms with Crippen molar-refractivity contribution in [3.8, 4) is 22.3 Å². The van der Waals surface area contributed by atoms with Crippen molar-refractivity contribution in [2.45, 2.75) is 13.3 Å². The molecule has 7 aromatic rings. The van der Waals surface area contributed by atoms with Gasteiger partial charge in [0.05, 0.1) is 0 Å². The summed E-state index contributed by atoms with van der Waals surface area (Å²) < 4.78 is 0. The monoisotopic (exact) mass is 527 g/mol. The Morgan fingerprint density at radius 2 is 0.974 bits per heavy atom. The number of rotatable bonds is 4. The van der Waals surface area contributed by atoms with Crippen LogP contribution in [0.4, 0.5) is 0 Å². The van der Waals surface area contributed by atoms with Crippen molar-refractivity contribution in [3.05, 3.63) is 139 Å². The minimum Gasteiger partial charge on any atom is -0.184 e. The van der Waals surface area contributed by atoms with Crippen LogP contribution in [0.25, 0.3) is 65.3 Å². The van der Waals surface area contributed by atoms with Gasteiger partial charge in [-0.05, 0) is 61.1 Å². The van der Waals surface area contributed by atoms with Crippen LogP contribution < -0.4 is 0 Å². The summed E-state index contributed by atoms with van der Waals surface area (Å²) in [6.45, 7) is 2.22. The van der Waals surface area contributed by atoms with Gasteiger partial charge in [-0.15, -0.1) is 11.5 Å². The quantitative estimate of drug-likeness (QED) is 0.121. The van der Waals surface area contributed by atoms with Crippen molar-refractivity contribution in [2.24, 2.45) is 0 Å². The summed E-state index contributed by atoms with van der Waals surface area (Å²) in [6.07, 6.45) is 3.36. The van der Waals surface area contributed by atoms with E-state index in [1.165, 1.54) is 70.9 Å². The molecule has 0 unspecified atom stereocenters. The van der Waals surface area contributed by atoms with Crippen LogP contribution in [0.2, 0.25) is 0 Å². The normalized spacial score (nSPS) is 11.2. The Labute approximate surface area is 234 Å². The fourth-order valence-corrected chi connectivity index (χ4v) is 5.95. The Morgan fingerprint density at radius 1 is 0.474 bits per heavy atom. The van der Waals surface area contributed by atoms with E-state index in [1.807, 2.05) is 0 Å². The van der Waals surface area contributed by atoms with Crippen molar-refractivity contribution in [1.82, 2.24) is 0 Å². The van der Waals surface area contributed by atoms with Crippen LogP contribution in [-0.2, 0) is 17.1 Å². The van der Waals surface area contributed by atoms with E-state index in [0.717, 1.165) is 6.42 Å². The molecule has 0 radical (unpaired) electrons. The molecular weight excluding hydrogens is 500 g/mol. The molecule has 0 saturated heterocycles. The van der Waals surface area contributed by atoms with Gasteiger partial charge in [0.2, 0.25) is 0 Å². The first-order valence-corrected chi connectivity index (χ1v) is 13.1. The zero-order chi connectivity index (χ0) is 24.8. The molecule has 0 spiro atoms. The molecule has 0 nitrogen and oxygen atoms in total. The second kappa shape index (κ2) is 10.0. The van der Waals surface area contributed by atoms with E-state index in [1.54, 1.807) is 0 Å². The molecule has 0 heterocycles. The predicted molar refractivity (Wildman–Crippen MR) is 161 cm³/mol. The van der Waals surface area contributed by atoms with Gasteiger partial charge < -0.3 is 0 Å². The molecule has 38 heavy (non-hydrogen) atoms. The first-order valence-electron chi connectivity index (χ1n) is 13.1. The van der Waals surface area contributed by atoms with E-state index in [4.69, 9.17) is 0 Å². The summed E-state index contributed by atoms with van der Waals surface area (Å²) >= 11 is 0. The summed E-state index contributed by atoms with van der Waals surface area (Å²) in [7, 11) is 0. The van der Waals surface area contributed by atoms with Crippen LogP contribution >= 0.6 is 0 Å². The maximum atomic E-state index is 2.37. The first kappa shape index (κ1) is 24.3. The third-order valence-corrected chi connectivity index (χ3v) is 7.58. The van der Waals surface area contributed by atoms with Gasteiger partial charge in [-0.1, -0.05) is 127 Å². The molecule has 0 aliphatic carbocycles.